The molecule has 1 atom stereocenters. The summed E-state index contributed by atoms with van der Waals surface area (Å²) in [5.41, 5.74) is -1.82. The lowest BCUT2D eigenvalue weighted by molar-refractivity contribution is -0.289. The molecule has 0 saturated carbocycles. The first-order valence-corrected chi connectivity index (χ1v) is 15.1. The normalized spacial score (nSPS) is 20.5. The lowest BCUT2D eigenvalue weighted by Gasteiger charge is -2.53. The van der Waals surface area contributed by atoms with E-state index in [1.54, 1.807) is 13.8 Å². The highest BCUT2D eigenvalue weighted by Crippen LogP contribution is 2.41. The number of nitrogens with zero attached hydrogens (tertiary/aromatic N) is 1. The van der Waals surface area contributed by atoms with Gasteiger partial charge in [-0.1, -0.05) is 110 Å². The van der Waals surface area contributed by atoms with E-state index in [9.17, 15) is 9.90 Å². The SMILES string of the molecule is CCCCCCCCCCCCCCCCCCC1CC(C)(C)N(OCC(C)(C)O)C(C)(C)C1=O. The molecule has 1 aliphatic heterocycles. The Morgan fingerprint density at radius 2 is 1.20 bits per heavy atom. The van der Waals surface area contributed by atoms with E-state index in [0.717, 1.165) is 19.3 Å². The molecule has 1 saturated heterocycles. The van der Waals surface area contributed by atoms with Crippen molar-refractivity contribution in [1.82, 2.24) is 5.06 Å². The smallest absolute Gasteiger partial charge is 0.158 e. The van der Waals surface area contributed by atoms with Gasteiger partial charge in [0.25, 0.3) is 0 Å². The van der Waals surface area contributed by atoms with Crippen LogP contribution in [0.5, 0.6) is 0 Å². The minimum atomic E-state index is -0.917. The molecule has 0 radical (unpaired) electrons. The Morgan fingerprint density at radius 1 is 0.800 bits per heavy atom. The summed E-state index contributed by atoms with van der Waals surface area (Å²) in [7, 11) is 0. The van der Waals surface area contributed by atoms with Gasteiger partial charge in [0.15, 0.2) is 5.78 Å². The summed E-state index contributed by atoms with van der Waals surface area (Å²) in [6.45, 7) is 14.2. The topological polar surface area (TPSA) is 49.8 Å². The van der Waals surface area contributed by atoms with Crippen LogP contribution in [0.1, 0.15) is 164 Å². The summed E-state index contributed by atoms with van der Waals surface area (Å²) in [6, 6.07) is 0. The number of hydrogen-bond donors (Lipinski definition) is 1. The highest BCUT2D eigenvalue weighted by molar-refractivity contribution is 5.90. The number of piperidine rings is 1. The van der Waals surface area contributed by atoms with E-state index < -0.39 is 11.1 Å². The molecule has 1 rings (SSSR count). The number of aliphatic hydroxyl groups is 1. The molecular formula is C31H61NO3. The van der Waals surface area contributed by atoms with Gasteiger partial charge in [-0.15, -0.1) is 0 Å². The summed E-state index contributed by atoms with van der Waals surface area (Å²) >= 11 is 0. The number of carbonyl (C=O) groups excluding carboxylic acids is 1. The zero-order valence-electron chi connectivity index (χ0n) is 24.7. The lowest BCUT2D eigenvalue weighted by Crippen LogP contribution is -2.65. The quantitative estimate of drug-likeness (QED) is 0.171. The summed E-state index contributed by atoms with van der Waals surface area (Å²) in [5, 5.41) is 11.9. The molecule has 4 nitrogen and oxygen atoms in total. The Bertz CT molecular complexity index is 564. The van der Waals surface area contributed by atoms with Gasteiger partial charge in [0.1, 0.15) is 0 Å². The highest BCUT2D eigenvalue weighted by atomic mass is 16.7. The van der Waals surface area contributed by atoms with Crippen molar-refractivity contribution in [2.24, 2.45) is 5.92 Å². The molecule has 0 aliphatic carbocycles. The van der Waals surface area contributed by atoms with E-state index in [1.165, 1.54) is 96.3 Å². The fourth-order valence-electron chi connectivity index (χ4n) is 5.87. The molecule has 0 aromatic heterocycles. The van der Waals surface area contributed by atoms with E-state index in [4.69, 9.17) is 4.84 Å². The van der Waals surface area contributed by atoms with Crippen molar-refractivity contribution in [3.63, 3.8) is 0 Å². The highest BCUT2D eigenvalue weighted by Gasteiger charge is 2.52. The zero-order chi connectivity index (χ0) is 26.4. The molecule has 1 fully saturated rings. The average Bonchev–Trinajstić information content (AvgIpc) is 2.75. The first-order valence-electron chi connectivity index (χ1n) is 15.1. The number of carbonyl (C=O) groups is 1. The van der Waals surface area contributed by atoms with Gasteiger partial charge < -0.3 is 5.11 Å². The third kappa shape index (κ3) is 13.1. The Morgan fingerprint density at radius 3 is 1.60 bits per heavy atom. The van der Waals surface area contributed by atoms with Gasteiger partial charge in [0.05, 0.1) is 17.7 Å². The molecule has 1 N–H and O–H groups in total. The van der Waals surface area contributed by atoms with Gasteiger partial charge in [-0.2, -0.15) is 5.06 Å². The minimum absolute atomic E-state index is 0.105. The molecule has 1 heterocycles. The van der Waals surface area contributed by atoms with Crippen LogP contribution in [0.15, 0.2) is 0 Å². The van der Waals surface area contributed by atoms with E-state index in [-0.39, 0.29) is 23.8 Å². The van der Waals surface area contributed by atoms with Crippen LogP contribution in [0.4, 0.5) is 0 Å². The maximum atomic E-state index is 13.3. The standard InChI is InChI=1S/C31H61NO3/c1-8-9-10-11-12-13-14-15-16-17-18-19-20-21-22-23-24-27-25-29(2,3)32(31(6,7)28(27)33)35-26-30(4,5)34/h27,34H,8-26H2,1-7H3. The predicted octanol–water partition coefficient (Wildman–Crippen LogP) is 8.79. The maximum Gasteiger partial charge on any atom is 0.158 e. The second-order valence-electron chi connectivity index (χ2n) is 13.1. The number of unbranched alkanes of at least 4 members (excludes halogenated alkanes) is 15. The second kappa shape index (κ2) is 16.4. The summed E-state index contributed by atoms with van der Waals surface area (Å²) in [5.74, 6) is 0.391. The van der Waals surface area contributed by atoms with Crippen molar-refractivity contribution in [1.29, 1.82) is 0 Å². The van der Waals surface area contributed by atoms with Crippen LogP contribution in [-0.2, 0) is 9.63 Å². The fourth-order valence-corrected chi connectivity index (χ4v) is 5.87. The van der Waals surface area contributed by atoms with Crippen LogP contribution >= 0.6 is 0 Å². The van der Waals surface area contributed by atoms with Gasteiger partial charge in [0, 0.05) is 11.5 Å². The van der Waals surface area contributed by atoms with Crippen LogP contribution in [0, 0.1) is 5.92 Å². The molecule has 208 valence electrons. The van der Waals surface area contributed by atoms with Crippen molar-refractivity contribution in [2.75, 3.05) is 6.61 Å². The lowest BCUT2D eigenvalue weighted by atomic mass is 9.72. The molecule has 0 bridgehead atoms. The Labute approximate surface area is 218 Å². The van der Waals surface area contributed by atoms with Crippen molar-refractivity contribution in [3.8, 4) is 0 Å². The van der Waals surface area contributed by atoms with Crippen LogP contribution in [0.3, 0.4) is 0 Å². The van der Waals surface area contributed by atoms with Crippen LogP contribution in [0.2, 0.25) is 0 Å². The number of rotatable bonds is 20. The molecule has 4 heteroatoms. The van der Waals surface area contributed by atoms with E-state index in [1.807, 2.05) is 18.9 Å². The monoisotopic (exact) mass is 495 g/mol. The van der Waals surface area contributed by atoms with Crippen molar-refractivity contribution < 1.29 is 14.7 Å². The molecular weight excluding hydrogens is 434 g/mol. The third-order valence-corrected chi connectivity index (χ3v) is 7.73. The first-order chi connectivity index (χ1) is 16.4. The van der Waals surface area contributed by atoms with Gasteiger partial charge in [-0.25, -0.2) is 0 Å². The maximum absolute atomic E-state index is 13.3. The average molecular weight is 496 g/mol. The zero-order valence-corrected chi connectivity index (χ0v) is 24.7. The Balaban J connectivity index is 2.14. The Hall–Kier alpha value is -0.450. The van der Waals surface area contributed by atoms with Crippen molar-refractivity contribution in [3.05, 3.63) is 0 Å². The number of Topliss-reactive ketones (excluding diaryl/α,β-unsaturated/α-hetero) is 1. The van der Waals surface area contributed by atoms with Crippen molar-refractivity contribution >= 4 is 5.78 Å². The first kappa shape index (κ1) is 32.6. The summed E-state index contributed by atoms with van der Waals surface area (Å²) in [6.07, 6.45) is 23.8. The number of hydrogen-bond acceptors (Lipinski definition) is 4. The predicted molar refractivity (Wildman–Crippen MR) is 150 cm³/mol. The number of ketones is 1. The molecule has 1 aliphatic rings. The fraction of sp³-hybridized carbons (Fsp3) is 0.968. The van der Waals surface area contributed by atoms with Crippen LogP contribution in [-0.4, -0.2) is 39.2 Å². The molecule has 0 aromatic carbocycles. The molecule has 35 heavy (non-hydrogen) atoms. The summed E-state index contributed by atoms with van der Waals surface area (Å²) < 4.78 is 0. The molecule has 0 amide bonds. The van der Waals surface area contributed by atoms with Gasteiger partial charge in [0.2, 0.25) is 0 Å². The van der Waals surface area contributed by atoms with Gasteiger partial charge in [-0.05, 0) is 54.4 Å². The van der Waals surface area contributed by atoms with Gasteiger partial charge in [-0.3, -0.25) is 9.63 Å². The third-order valence-electron chi connectivity index (χ3n) is 7.73. The van der Waals surface area contributed by atoms with E-state index in [0.29, 0.717) is 0 Å². The molecule has 0 spiro atoms. The molecule has 1 unspecified atom stereocenters. The van der Waals surface area contributed by atoms with Crippen LogP contribution < -0.4 is 0 Å². The second-order valence-corrected chi connectivity index (χ2v) is 13.1. The van der Waals surface area contributed by atoms with E-state index in [2.05, 4.69) is 20.8 Å². The van der Waals surface area contributed by atoms with Crippen molar-refractivity contribution in [2.45, 2.75) is 181 Å². The summed E-state index contributed by atoms with van der Waals surface area (Å²) in [4.78, 5) is 19.3. The minimum Gasteiger partial charge on any atom is -0.388 e. The van der Waals surface area contributed by atoms with Crippen LogP contribution in [0.25, 0.3) is 0 Å². The molecule has 0 aromatic rings. The largest absolute Gasteiger partial charge is 0.388 e. The Kier molecular flexibility index (Phi) is 15.3. The van der Waals surface area contributed by atoms with Gasteiger partial charge >= 0.3 is 0 Å². The van der Waals surface area contributed by atoms with E-state index >= 15 is 0 Å². The number of hydroxylamine groups is 2.